The zero-order valence-corrected chi connectivity index (χ0v) is 18.0. The number of hydrogen-bond donors (Lipinski definition) is 1. The Labute approximate surface area is 181 Å². The van der Waals surface area contributed by atoms with E-state index in [0.29, 0.717) is 29.2 Å². The zero-order valence-electron chi connectivity index (χ0n) is 16.4. The van der Waals surface area contributed by atoms with Crippen LogP contribution in [0.4, 0.5) is 11.4 Å². The number of carbonyl (C=O) groups excluding carboxylic acids is 2. The summed E-state index contributed by atoms with van der Waals surface area (Å²) in [6, 6.07) is 12.1. The van der Waals surface area contributed by atoms with E-state index in [2.05, 4.69) is 4.72 Å². The predicted molar refractivity (Wildman–Crippen MR) is 116 cm³/mol. The number of amides is 2. The molecule has 1 heterocycles. The average molecular weight is 447 g/mol. The molecule has 0 unspecified atom stereocenters. The van der Waals surface area contributed by atoms with E-state index in [4.69, 9.17) is 11.6 Å². The van der Waals surface area contributed by atoms with Crippen molar-refractivity contribution in [1.29, 1.82) is 0 Å². The van der Waals surface area contributed by atoms with Crippen LogP contribution in [0.15, 0.2) is 53.4 Å². The van der Waals surface area contributed by atoms with Gasteiger partial charge in [0.25, 0.3) is 10.0 Å². The van der Waals surface area contributed by atoms with Gasteiger partial charge < -0.3 is 0 Å². The fourth-order valence-electron chi connectivity index (χ4n) is 4.45. The number of piperidine rings is 1. The van der Waals surface area contributed by atoms with Crippen molar-refractivity contribution in [3.63, 3.8) is 0 Å². The van der Waals surface area contributed by atoms with Crippen molar-refractivity contribution in [3.8, 4) is 0 Å². The monoisotopic (exact) mass is 446 g/mol. The highest BCUT2D eigenvalue weighted by Crippen LogP contribution is 2.46. The van der Waals surface area contributed by atoms with E-state index in [0.717, 1.165) is 32.1 Å². The molecule has 1 saturated carbocycles. The topological polar surface area (TPSA) is 83.6 Å². The van der Waals surface area contributed by atoms with E-state index in [-0.39, 0.29) is 22.1 Å². The maximum Gasteiger partial charge on any atom is 0.261 e. The maximum absolute atomic E-state index is 12.8. The van der Waals surface area contributed by atoms with Gasteiger partial charge in [0, 0.05) is 23.6 Å². The van der Waals surface area contributed by atoms with E-state index in [1.807, 2.05) is 0 Å². The van der Waals surface area contributed by atoms with Crippen LogP contribution in [0.25, 0.3) is 0 Å². The third-order valence-corrected chi connectivity index (χ3v) is 7.62. The largest absolute Gasteiger partial charge is 0.280 e. The molecule has 30 heavy (non-hydrogen) atoms. The summed E-state index contributed by atoms with van der Waals surface area (Å²) in [7, 11) is -3.80. The third-order valence-electron chi connectivity index (χ3n) is 5.97. The minimum atomic E-state index is -3.80. The Morgan fingerprint density at radius 3 is 1.97 bits per heavy atom. The second kappa shape index (κ2) is 8.04. The number of benzene rings is 2. The smallest absolute Gasteiger partial charge is 0.261 e. The SMILES string of the molecule is O=C1CC2(CCCCC2)CC(=O)N1c1ccc(S(=O)(=O)Nc2ccc(Cl)cc2)cc1. The van der Waals surface area contributed by atoms with Gasteiger partial charge in [0.15, 0.2) is 0 Å². The van der Waals surface area contributed by atoms with E-state index in [1.54, 1.807) is 24.3 Å². The Kier molecular flexibility index (Phi) is 5.59. The van der Waals surface area contributed by atoms with E-state index in [9.17, 15) is 18.0 Å². The Balaban J connectivity index is 1.51. The molecule has 1 N–H and O–H groups in total. The molecule has 2 fully saturated rings. The first-order valence-corrected chi connectivity index (χ1v) is 11.9. The Bertz CT molecular complexity index is 1040. The number of sulfonamides is 1. The molecule has 4 rings (SSSR count). The van der Waals surface area contributed by atoms with Crippen LogP contribution in [0.2, 0.25) is 5.02 Å². The number of rotatable bonds is 4. The second-order valence-electron chi connectivity index (χ2n) is 8.14. The minimum absolute atomic E-state index is 0.0434. The standard InChI is InChI=1S/C22H23ClN2O4S/c23-16-4-6-17(7-5-16)24-30(28,29)19-10-8-18(9-11-19)25-20(26)14-22(15-21(25)27)12-2-1-3-13-22/h4-11,24H,1-3,12-15H2. The van der Waals surface area contributed by atoms with Crippen LogP contribution in [0.1, 0.15) is 44.9 Å². The number of carbonyl (C=O) groups is 2. The lowest BCUT2D eigenvalue weighted by Gasteiger charge is -2.42. The van der Waals surface area contributed by atoms with E-state index >= 15 is 0 Å². The maximum atomic E-state index is 12.8. The molecule has 1 aliphatic heterocycles. The van der Waals surface area contributed by atoms with Gasteiger partial charge in [-0.3, -0.25) is 19.2 Å². The lowest BCUT2D eigenvalue weighted by atomic mass is 9.67. The summed E-state index contributed by atoms with van der Waals surface area (Å²) in [5, 5.41) is 0.508. The van der Waals surface area contributed by atoms with Crippen molar-refractivity contribution >= 4 is 44.8 Å². The van der Waals surface area contributed by atoms with Gasteiger partial charge in [-0.1, -0.05) is 30.9 Å². The molecule has 2 amide bonds. The summed E-state index contributed by atoms with van der Waals surface area (Å²) in [4.78, 5) is 26.8. The van der Waals surface area contributed by atoms with Crippen LogP contribution in [-0.4, -0.2) is 20.2 Å². The van der Waals surface area contributed by atoms with Crippen molar-refractivity contribution in [2.45, 2.75) is 49.8 Å². The van der Waals surface area contributed by atoms with Gasteiger partial charge in [-0.05, 0) is 66.8 Å². The van der Waals surface area contributed by atoms with Crippen molar-refractivity contribution in [2.24, 2.45) is 5.41 Å². The second-order valence-corrected chi connectivity index (χ2v) is 10.3. The third kappa shape index (κ3) is 4.23. The number of anilines is 2. The molecule has 8 heteroatoms. The van der Waals surface area contributed by atoms with Crippen molar-refractivity contribution in [3.05, 3.63) is 53.6 Å². The molecule has 0 bridgehead atoms. The Morgan fingerprint density at radius 1 is 0.833 bits per heavy atom. The van der Waals surface area contributed by atoms with Crippen LogP contribution < -0.4 is 9.62 Å². The molecule has 0 radical (unpaired) electrons. The number of nitrogens with one attached hydrogen (secondary N) is 1. The quantitative estimate of drug-likeness (QED) is 0.687. The van der Waals surface area contributed by atoms with Crippen LogP contribution in [0, 0.1) is 5.41 Å². The van der Waals surface area contributed by atoms with Gasteiger partial charge in [-0.15, -0.1) is 0 Å². The molecule has 0 aromatic heterocycles. The van der Waals surface area contributed by atoms with Gasteiger partial charge in [0.2, 0.25) is 11.8 Å². The fraction of sp³-hybridized carbons (Fsp3) is 0.364. The number of halogens is 1. The Morgan fingerprint density at radius 2 is 1.40 bits per heavy atom. The van der Waals surface area contributed by atoms with Gasteiger partial charge in [0.1, 0.15) is 0 Å². The molecule has 1 spiro atoms. The molecule has 2 aromatic carbocycles. The minimum Gasteiger partial charge on any atom is -0.280 e. The summed E-state index contributed by atoms with van der Waals surface area (Å²) in [6.45, 7) is 0. The van der Waals surface area contributed by atoms with Gasteiger partial charge in [-0.25, -0.2) is 8.42 Å². The summed E-state index contributed by atoms with van der Waals surface area (Å²) in [5.74, 6) is -0.411. The first kappa shape index (κ1) is 20.9. The molecule has 1 saturated heterocycles. The molecular weight excluding hydrogens is 424 g/mol. The van der Waals surface area contributed by atoms with Crippen molar-refractivity contribution in [1.82, 2.24) is 0 Å². The molecule has 2 aromatic rings. The number of hydrogen-bond acceptors (Lipinski definition) is 4. The molecule has 6 nitrogen and oxygen atoms in total. The van der Waals surface area contributed by atoms with Crippen LogP contribution >= 0.6 is 11.6 Å². The Hall–Kier alpha value is -2.38. The first-order valence-electron chi connectivity index (χ1n) is 10.0. The highest BCUT2D eigenvalue weighted by Gasteiger charge is 2.44. The summed E-state index contributed by atoms with van der Waals surface area (Å²) >= 11 is 5.83. The predicted octanol–water partition coefficient (Wildman–Crippen LogP) is 4.74. The molecular formula is C22H23ClN2O4S. The first-order chi connectivity index (χ1) is 14.3. The highest BCUT2D eigenvalue weighted by atomic mass is 35.5. The fourth-order valence-corrected chi connectivity index (χ4v) is 5.64. The van der Waals surface area contributed by atoms with Gasteiger partial charge in [0.05, 0.1) is 10.6 Å². The summed E-state index contributed by atoms with van der Waals surface area (Å²) in [5.41, 5.74) is 0.609. The molecule has 0 atom stereocenters. The van der Waals surface area contributed by atoms with Crippen LogP contribution in [-0.2, 0) is 19.6 Å². The zero-order chi connectivity index (χ0) is 21.4. The number of imide groups is 1. The van der Waals surface area contributed by atoms with Crippen LogP contribution in [0.5, 0.6) is 0 Å². The lowest BCUT2D eigenvalue weighted by Crippen LogP contribution is -2.48. The van der Waals surface area contributed by atoms with Crippen molar-refractivity contribution < 1.29 is 18.0 Å². The van der Waals surface area contributed by atoms with Gasteiger partial charge >= 0.3 is 0 Å². The summed E-state index contributed by atoms with van der Waals surface area (Å²) < 4.78 is 27.7. The van der Waals surface area contributed by atoms with E-state index in [1.165, 1.54) is 29.2 Å². The molecule has 1 aliphatic carbocycles. The van der Waals surface area contributed by atoms with Crippen LogP contribution in [0.3, 0.4) is 0 Å². The van der Waals surface area contributed by atoms with Crippen molar-refractivity contribution in [2.75, 3.05) is 9.62 Å². The average Bonchev–Trinajstić information content (AvgIpc) is 2.70. The number of nitrogens with zero attached hydrogens (tertiary/aromatic N) is 1. The lowest BCUT2D eigenvalue weighted by molar-refractivity contribution is -0.134. The summed E-state index contributed by atoms with van der Waals surface area (Å²) in [6.07, 6.45) is 5.88. The normalized spacial score (nSPS) is 19.2. The van der Waals surface area contributed by atoms with Gasteiger partial charge in [-0.2, -0.15) is 0 Å². The molecule has 158 valence electrons. The van der Waals surface area contributed by atoms with E-state index < -0.39 is 10.0 Å². The molecule has 2 aliphatic rings. The highest BCUT2D eigenvalue weighted by molar-refractivity contribution is 7.92.